The van der Waals surface area contributed by atoms with Gasteiger partial charge in [0.1, 0.15) is 0 Å². The molecule has 0 radical (unpaired) electrons. The Morgan fingerprint density at radius 1 is 1.12 bits per heavy atom. The Kier molecular flexibility index (Phi) is 5.96. The largest absolute Gasteiger partial charge is 0.381 e. The molecular weight excluding hydrogens is 320 g/mol. The number of amides is 2. The Balaban J connectivity index is 1.47. The van der Waals surface area contributed by atoms with Crippen molar-refractivity contribution in [2.45, 2.75) is 63.1 Å². The fourth-order valence-corrected chi connectivity index (χ4v) is 4.13. The first kappa shape index (κ1) is 18.6. The summed E-state index contributed by atoms with van der Waals surface area (Å²) in [7, 11) is 0. The molecule has 1 unspecified atom stereocenters. The lowest BCUT2D eigenvalue weighted by Crippen LogP contribution is -2.62. The van der Waals surface area contributed by atoms with E-state index in [1.165, 1.54) is 12.8 Å². The van der Waals surface area contributed by atoms with Crippen LogP contribution in [0.3, 0.4) is 0 Å². The summed E-state index contributed by atoms with van der Waals surface area (Å²) in [5.74, 6) is 0.157. The number of rotatable bonds is 4. The Morgan fingerprint density at radius 2 is 1.72 bits per heavy atom. The van der Waals surface area contributed by atoms with Gasteiger partial charge in [0.2, 0.25) is 11.8 Å². The van der Waals surface area contributed by atoms with Gasteiger partial charge in [-0.1, -0.05) is 12.8 Å². The first-order valence-corrected chi connectivity index (χ1v) is 9.70. The van der Waals surface area contributed by atoms with E-state index in [9.17, 15) is 9.59 Å². The molecule has 0 aromatic heterocycles. The minimum atomic E-state index is -0.772. The summed E-state index contributed by atoms with van der Waals surface area (Å²) in [4.78, 5) is 29.2. The third kappa shape index (κ3) is 4.33. The van der Waals surface area contributed by atoms with Gasteiger partial charge in [0.05, 0.1) is 11.6 Å². The van der Waals surface area contributed by atoms with Crippen LogP contribution in [-0.4, -0.2) is 78.6 Å². The average molecular weight is 352 g/mol. The number of carbonyl (C=O) groups excluding carboxylic acids is 2. The van der Waals surface area contributed by atoms with Crippen LogP contribution in [0.4, 0.5) is 0 Å². The first-order chi connectivity index (χ1) is 12.0. The summed E-state index contributed by atoms with van der Waals surface area (Å²) < 4.78 is 5.33. The van der Waals surface area contributed by atoms with Gasteiger partial charge in [-0.25, -0.2) is 0 Å². The predicted molar refractivity (Wildman–Crippen MR) is 95.0 cm³/mol. The van der Waals surface area contributed by atoms with Gasteiger partial charge in [-0.05, 0) is 32.6 Å². The van der Waals surface area contributed by atoms with Gasteiger partial charge in [-0.2, -0.15) is 0 Å². The summed E-state index contributed by atoms with van der Waals surface area (Å²) in [6.45, 7) is 5.79. The van der Waals surface area contributed by atoms with Crippen molar-refractivity contribution in [3.8, 4) is 0 Å². The van der Waals surface area contributed by atoms with Crippen LogP contribution in [-0.2, 0) is 14.3 Å². The molecule has 2 saturated heterocycles. The smallest absolute Gasteiger partial charge is 0.242 e. The number of piperazine rings is 1. The van der Waals surface area contributed by atoms with Gasteiger partial charge < -0.3 is 20.7 Å². The van der Waals surface area contributed by atoms with E-state index in [-0.39, 0.29) is 17.9 Å². The minimum Gasteiger partial charge on any atom is -0.381 e. The molecule has 2 aliphatic heterocycles. The van der Waals surface area contributed by atoms with Crippen LogP contribution in [0.2, 0.25) is 0 Å². The summed E-state index contributed by atoms with van der Waals surface area (Å²) in [5, 5.41) is 3.17. The SMILES string of the molecule is CC(C(=O)NC1CCCC1)N1CCN(C(=O)C2(N)CCOCC2)CC1. The van der Waals surface area contributed by atoms with Crippen LogP contribution >= 0.6 is 0 Å². The predicted octanol–water partition coefficient (Wildman–Crippen LogP) is 0.0858. The lowest BCUT2D eigenvalue weighted by atomic mass is 9.89. The molecule has 3 rings (SSSR count). The molecule has 2 amide bonds. The van der Waals surface area contributed by atoms with Crippen molar-refractivity contribution < 1.29 is 14.3 Å². The van der Waals surface area contributed by atoms with E-state index in [1.54, 1.807) is 0 Å². The Labute approximate surface area is 150 Å². The van der Waals surface area contributed by atoms with Crippen LogP contribution in [0.25, 0.3) is 0 Å². The Hall–Kier alpha value is -1.18. The molecule has 0 bridgehead atoms. The average Bonchev–Trinajstić information content (AvgIpc) is 3.14. The van der Waals surface area contributed by atoms with Crippen molar-refractivity contribution >= 4 is 11.8 Å². The van der Waals surface area contributed by atoms with Crippen molar-refractivity contribution in [1.82, 2.24) is 15.1 Å². The highest BCUT2D eigenvalue weighted by atomic mass is 16.5. The normalized spacial score (nSPS) is 26.4. The molecule has 7 heteroatoms. The number of carbonyl (C=O) groups is 2. The highest BCUT2D eigenvalue weighted by molar-refractivity contribution is 5.86. The highest BCUT2D eigenvalue weighted by Crippen LogP contribution is 2.22. The van der Waals surface area contributed by atoms with Gasteiger partial charge in [0.25, 0.3) is 0 Å². The number of ether oxygens (including phenoxy) is 1. The summed E-state index contributed by atoms with van der Waals surface area (Å²) in [5.41, 5.74) is 5.55. The maximum atomic E-state index is 12.8. The second-order valence-corrected chi connectivity index (χ2v) is 7.76. The summed E-state index contributed by atoms with van der Waals surface area (Å²) >= 11 is 0. The second-order valence-electron chi connectivity index (χ2n) is 7.76. The molecule has 3 aliphatic rings. The monoisotopic (exact) mass is 352 g/mol. The van der Waals surface area contributed by atoms with Crippen molar-refractivity contribution in [3.05, 3.63) is 0 Å². The van der Waals surface area contributed by atoms with Crippen LogP contribution < -0.4 is 11.1 Å². The lowest BCUT2D eigenvalue weighted by Gasteiger charge is -2.42. The van der Waals surface area contributed by atoms with Crippen molar-refractivity contribution in [2.75, 3.05) is 39.4 Å². The van der Waals surface area contributed by atoms with E-state index >= 15 is 0 Å². The van der Waals surface area contributed by atoms with E-state index in [0.717, 1.165) is 25.9 Å². The van der Waals surface area contributed by atoms with Gasteiger partial charge in [-0.15, -0.1) is 0 Å². The fourth-order valence-electron chi connectivity index (χ4n) is 4.13. The number of nitrogens with one attached hydrogen (secondary N) is 1. The molecule has 0 aromatic carbocycles. The van der Waals surface area contributed by atoms with Gasteiger partial charge in [0, 0.05) is 45.4 Å². The number of nitrogens with two attached hydrogens (primary N) is 1. The molecular formula is C18H32N4O3. The zero-order valence-electron chi connectivity index (χ0n) is 15.3. The van der Waals surface area contributed by atoms with Crippen molar-refractivity contribution in [2.24, 2.45) is 5.73 Å². The van der Waals surface area contributed by atoms with Crippen LogP contribution in [0, 0.1) is 0 Å². The lowest BCUT2D eigenvalue weighted by molar-refractivity contribution is -0.143. The molecule has 1 atom stereocenters. The van der Waals surface area contributed by atoms with Crippen LogP contribution in [0.5, 0.6) is 0 Å². The zero-order chi connectivity index (χ0) is 17.9. The molecule has 25 heavy (non-hydrogen) atoms. The third-order valence-electron chi connectivity index (χ3n) is 6.04. The van der Waals surface area contributed by atoms with E-state index in [2.05, 4.69) is 10.2 Å². The quantitative estimate of drug-likeness (QED) is 0.748. The molecule has 3 N–H and O–H groups in total. The zero-order valence-corrected chi connectivity index (χ0v) is 15.3. The molecule has 7 nitrogen and oxygen atoms in total. The third-order valence-corrected chi connectivity index (χ3v) is 6.04. The molecule has 1 saturated carbocycles. The number of hydrogen-bond donors (Lipinski definition) is 2. The Morgan fingerprint density at radius 3 is 2.32 bits per heavy atom. The first-order valence-electron chi connectivity index (χ1n) is 9.70. The number of nitrogens with zero attached hydrogens (tertiary/aromatic N) is 2. The molecule has 1 aliphatic carbocycles. The summed E-state index contributed by atoms with van der Waals surface area (Å²) in [6, 6.07) is 0.205. The highest BCUT2D eigenvalue weighted by Gasteiger charge is 2.40. The van der Waals surface area contributed by atoms with E-state index < -0.39 is 5.54 Å². The maximum absolute atomic E-state index is 12.8. The number of hydrogen-bond acceptors (Lipinski definition) is 5. The minimum absolute atomic E-state index is 0.0403. The summed E-state index contributed by atoms with van der Waals surface area (Å²) in [6.07, 6.45) is 5.81. The van der Waals surface area contributed by atoms with E-state index in [4.69, 9.17) is 10.5 Å². The molecule has 2 heterocycles. The van der Waals surface area contributed by atoms with Crippen LogP contribution in [0.1, 0.15) is 45.4 Å². The molecule has 0 spiro atoms. The standard InChI is InChI=1S/C18H32N4O3/c1-14(16(23)20-15-4-2-3-5-15)21-8-10-22(11-9-21)17(24)18(19)6-12-25-13-7-18/h14-15H,2-13,19H2,1H3,(H,20,23). The van der Waals surface area contributed by atoms with Gasteiger partial charge in [-0.3, -0.25) is 14.5 Å². The molecule has 142 valence electrons. The van der Waals surface area contributed by atoms with Gasteiger partial charge in [0.15, 0.2) is 0 Å². The molecule has 0 aromatic rings. The fraction of sp³-hybridized carbons (Fsp3) is 0.889. The van der Waals surface area contributed by atoms with Crippen molar-refractivity contribution in [1.29, 1.82) is 0 Å². The van der Waals surface area contributed by atoms with Crippen molar-refractivity contribution in [3.63, 3.8) is 0 Å². The topological polar surface area (TPSA) is 87.9 Å². The van der Waals surface area contributed by atoms with E-state index in [1.807, 2.05) is 11.8 Å². The van der Waals surface area contributed by atoms with E-state index in [0.29, 0.717) is 45.2 Å². The van der Waals surface area contributed by atoms with Gasteiger partial charge >= 0.3 is 0 Å². The maximum Gasteiger partial charge on any atom is 0.242 e. The molecule has 3 fully saturated rings. The van der Waals surface area contributed by atoms with Crippen LogP contribution in [0.15, 0.2) is 0 Å². The second kappa shape index (κ2) is 8.01. The Bertz CT molecular complexity index is 479.